The number of hydrogen-bond donors (Lipinski definition) is 1. The Balaban J connectivity index is 1.36. The summed E-state index contributed by atoms with van der Waals surface area (Å²) in [6, 6.07) is 16.1. The van der Waals surface area contributed by atoms with Gasteiger partial charge in [-0.15, -0.1) is 11.3 Å². The van der Waals surface area contributed by atoms with E-state index in [1.54, 1.807) is 12.4 Å². The minimum Gasteiger partial charge on any atom is -0.356 e. The van der Waals surface area contributed by atoms with Crippen LogP contribution in [-0.4, -0.2) is 40.0 Å². The molecule has 1 aromatic carbocycles. The van der Waals surface area contributed by atoms with Crippen molar-refractivity contribution in [2.24, 2.45) is 0 Å². The first-order valence-electron chi connectivity index (χ1n) is 10.5. The number of piperidine rings is 1. The molecule has 0 aliphatic carbocycles. The molecule has 1 aliphatic rings. The van der Waals surface area contributed by atoms with E-state index < -0.39 is 0 Å². The topological polar surface area (TPSA) is 71.0 Å². The Morgan fingerprint density at radius 3 is 2.55 bits per heavy atom. The van der Waals surface area contributed by atoms with E-state index in [4.69, 9.17) is 9.97 Å². The molecule has 3 aromatic heterocycles. The molecule has 1 amide bonds. The van der Waals surface area contributed by atoms with Gasteiger partial charge in [0.1, 0.15) is 5.82 Å². The second-order valence-electron chi connectivity index (χ2n) is 7.77. The van der Waals surface area contributed by atoms with Crippen LogP contribution in [0.2, 0.25) is 0 Å². The van der Waals surface area contributed by atoms with Gasteiger partial charge in [-0.05, 0) is 56.2 Å². The third-order valence-corrected chi connectivity index (χ3v) is 6.61. The Morgan fingerprint density at radius 1 is 1.03 bits per heavy atom. The lowest BCUT2D eigenvalue weighted by Gasteiger charge is -2.33. The van der Waals surface area contributed by atoms with Gasteiger partial charge in [-0.3, -0.25) is 9.78 Å². The molecule has 31 heavy (non-hydrogen) atoms. The number of aromatic nitrogens is 3. The van der Waals surface area contributed by atoms with Crippen LogP contribution in [0.4, 0.5) is 5.82 Å². The van der Waals surface area contributed by atoms with Crippen LogP contribution in [0.1, 0.15) is 27.4 Å². The highest BCUT2D eigenvalue weighted by atomic mass is 32.1. The fourth-order valence-electron chi connectivity index (χ4n) is 3.98. The van der Waals surface area contributed by atoms with Gasteiger partial charge in [0.15, 0.2) is 5.82 Å². The van der Waals surface area contributed by atoms with Crippen LogP contribution in [0, 0.1) is 6.92 Å². The van der Waals surface area contributed by atoms with Gasteiger partial charge in [0.05, 0.1) is 10.4 Å². The van der Waals surface area contributed by atoms with E-state index in [1.165, 1.54) is 11.3 Å². The van der Waals surface area contributed by atoms with Gasteiger partial charge in [0.25, 0.3) is 5.91 Å². The van der Waals surface area contributed by atoms with Crippen molar-refractivity contribution in [3.05, 3.63) is 70.7 Å². The zero-order valence-corrected chi connectivity index (χ0v) is 18.1. The molecule has 1 fully saturated rings. The van der Waals surface area contributed by atoms with Crippen LogP contribution in [0.5, 0.6) is 0 Å². The number of pyridine rings is 1. The van der Waals surface area contributed by atoms with E-state index in [2.05, 4.69) is 21.3 Å². The molecule has 7 heteroatoms. The summed E-state index contributed by atoms with van der Waals surface area (Å²) in [7, 11) is 0. The van der Waals surface area contributed by atoms with Crippen molar-refractivity contribution < 1.29 is 4.79 Å². The number of thiophene rings is 1. The van der Waals surface area contributed by atoms with Gasteiger partial charge >= 0.3 is 0 Å². The van der Waals surface area contributed by atoms with E-state index in [-0.39, 0.29) is 11.9 Å². The predicted octanol–water partition coefficient (Wildman–Crippen LogP) is 4.46. The first kappa shape index (κ1) is 19.6. The monoisotopic (exact) mass is 429 g/mol. The molecule has 6 nitrogen and oxygen atoms in total. The van der Waals surface area contributed by atoms with E-state index in [9.17, 15) is 4.79 Å². The maximum absolute atomic E-state index is 12.5. The number of amides is 1. The quantitative estimate of drug-likeness (QED) is 0.519. The summed E-state index contributed by atoms with van der Waals surface area (Å²) < 4.78 is 0. The number of rotatable bonds is 4. The van der Waals surface area contributed by atoms with Crippen LogP contribution in [0.3, 0.4) is 0 Å². The normalized spacial score (nSPS) is 14.7. The minimum atomic E-state index is 0.0315. The second-order valence-corrected chi connectivity index (χ2v) is 9.06. The molecule has 0 spiro atoms. The van der Waals surface area contributed by atoms with Crippen molar-refractivity contribution in [3.63, 3.8) is 0 Å². The molecule has 1 saturated heterocycles. The van der Waals surface area contributed by atoms with Crippen molar-refractivity contribution in [1.82, 2.24) is 20.3 Å². The summed E-state index contributed by atoms with van der Waals surface area (Å²) >= 11 is 1.54. The first-order valence-corrected chi connectivity index (χ1v) is 11.3. The average molecular weight is 430 g/mol. The molecular formula is C24H23N5OS. The lowest BCUT2D eigenvalue weighted by Crippen LogP contribution is -2.44. The van der Waals surface area contributed by atoms with Crippen LogP contribution < -0.4 is 10.2 Å². The number of nitrogens with one attached hydrogen (secondary N) is 1. The first-order chi connectivity index (χ1) is 15.2. The van der Waals surface area contributed by atoms with Crippen LogP contribution in [-0.2, 0) is 0 Å². The van der Waals surface area contributed by atoms with Gasteiger partial charge in [-0.2, -0.15) is 0 Å². The fourth-order valence-corrected chi connectivity index (χ4v) is 4.75. The molecule has 156 valence electrons. The molecule has 4 heterocycles. The van der Waals surface area contributed by atoms with E-state index in [0.29, 0.717) is 5.82 Å². The molecule has 1 N–H and O–H groups in total. The molecule has 0 atom stereocenters. The molecule has 4 aromatic rings. The van der Waals surface area contributed by atoms with Crippen LogP contribution in [0.25, 0.3) is 22.3 Å². The molecule has 1 aliphatic heterocycles. The fraction of sp³-hybridized carbons (Fsp3) is 0.250. The summed E-state index contributed by atoms with van der Waals surface area (Å²) in [5.74, 6) is 1.69. The highest BCUT2D eigenvalue weighted by Gasteiger charge is 2.24. The molecule has 0 bridgehead atoms. The van der Waals surface area contributed by atoms with Crippen molar-refractivity contribution >= 4 is 34.0 Å². The summed E-state index contributed by atoms with van der Waals surface area (Å²) in [6.07, 6.45) is 5.30. The van der Waals surface area contributed by atoms with Crippen molar-refractivity contribution in [3.8, 4) is 11.4 Å². The molecular weight excluding hydrogens is 406 g/mol. The lowest BCUT2D eigenvalue weighted by molar-refractivity contribution is 0.0935. The van der Waals surface area contributed by atoms with Gasteiger partial charge < -0.3 is 10.2 Å². The third-order valence-electron chi connectivity index (χ3n) is 5.62. The number of aryl methyl sites for hydroxylation is 1. The van der Waals surface area contributed by atoms with Crippen LogP contribution >= 0.6 is 11.3 Å². The number of hydrogen-bond acceptors (Lipinski definition) is 6. The highest BCUT2D eigenvalue weighted by molar-refractivity contribution is 7.13. The summed E-state index contributed by atoms with van der Waals surface area (Å²) in [4.78, 5) is 30.6. The Morgan fingerprint density at radius 2 is 1.81 bits per heavy atom. The largest absolute Gasteiger partial charge is 0.356 e. The number of benzene rings is 1. The molecule has 0 unspecified atom stereocenters. The van der Waals surface area contributed by atoms with Gasteiger partial charge in [0.2, 0.25) is 0 Å². The molecule has 0 saturated carbocycles. The maximum Gasteiger partial charge on any atom is 0.261 e. The Hall–Kier alpha value is -3.32. The maximum atomic E-state index is 12.5. The zero-order chi connectivity index (χ0) is 21.2. The van der Waals surface area contributed by atoms with Gasteiger partial charge in [-0.1, -0.05) is 12.1 Å². The Labute approximate surface area is 185 Å². The van der Waals surface area contributed by atoms with E-state index in [0.717, 1.165) is 58.0 Å². The number of para-hydroxylation sites is 1. The number of nitrogens with zero attached hydrogens (tertiary/aromatic N) is 4. The number of carbonyl (C=O) groups is 1. The van der Waals surface area contributed by atoms with E-state index in [1.807, 2.05) is 49.4 Å². The summed E-state index contributed by atoms with van der Waals surface area (Å²) in [6.45, 7) is 3.70. The minimum absolute atomic E-state index is 0.0315. The second kappa shape index (κ2) is 8.43. The standard InChI is InChI=1S/C24H23N5OS/c1-16-6-7-21(31-16)24(30)26-18-10-14-29(15-11-18)23-19-4-2-3-5-20(19)27-22(28-23)17-8-12-25-13-9-17/h2-9,12-13,18H,10-11,14-15H2,1H3,(H,26,30). The summed E-state index contributed by atoms with van der Waals surface area (Å²) in [5.41, 5.74) is 1.89. The van der Waals surface area contributed by atoms with Crippen molar-refractivity contribution in [2.45, 2.75) is 25.8 Å². The lowest BCUT2D eigenvalue weighted by atomic mass is 10.0. The van der Waals surface area contributed by atoms with E-state index >= 15 is 0 Å². The predicted molar refractivity (Wildman–Crippen MR) is 125 cm³/mol. The SMILES string of the molecule is Cc1ccc(C(=O)NC2CCN(c3nc(-c4ccncc4)nc4ccccc34)CC2)s1. The number of anilines is 1. The highest BCUT2D eigenvalue weighted by Crippen LogP contribution is 2.29. The number of carbonyl (C=O) groups excluding carboxylic acids is 1. The van der Waals surface area contributed by atoms with Crippen molar-refractivity contribution in [2.75, 3.05) is 18.0 Å². The zero-order valence-electron chi connectivity index (χ0n) is 17.3. The summed E-state index contributed by atoms with van der Waals surface area (Å²) in [5, 5.41) is 4.25. The van der Waals surface area contributed by atoms with Gasteiger partial charge in [0, 0.05) is 47.4 Å². The smallest absolute Gasteiger partial charge is 0.261 e. The molecule has 5 rings (SSSR count). The van der Waals surface area contributed by atoms with Crippen LogP contribution in [0.15, 0.2) is 60.9 Å². The molecule has 0 radical (unpaired) electrons. The Kier molecular flexibility index (Phi) is 5.34. The average Bonchev–Trinajstić information content (AvgIpc) is 3.26. The number of fused-ring (bicyclic) bond motifs is 1. The Bertz CT molecular complexity index is 1220. The van der Waals surface area contributed by atoms with Gasteiger partial charge in [-0.25, -0.2) is 9.97 Å². The van der Waals surface area contributed by atoms with Crippen molar-refractivity contribution in [1.29, 1.82) is 0 Å². The third kappa shape index (κ3) is 4.14.